The van der Waals surface area contributed by atoms with Crippen LogP contribution in [0.3, 0.4) is 0 Å². The Morgan fingerprint density at radius 3 is 2.29 bits per heavy atom. The molecule has 0 bridgehead atoms. The molecule has 1 amide bonds. The van der Waals surface area contributed by atoms with Gasteiger partial charge in [-0.15, -0.1) is 0 Å². The second-order valence-electron chi connectivity index (χ2n) is 2.76. The van der Waals surface area contributed by atoms with Gasteiger partial charge in [0.15, 0.2) is 5.96 Å². The fourth-order valence-electron chi connectivity index (χ4n) is 0.972. The van der Waals surface area contributed by atoms with E-state index in [4.69, 9.17) is 11.5 Å². The zero-order chi connectivity index (χ0) is 10.6. The monoisotopic (exact) mass is 192 g/mol. The number of hydrogen-bond donors (Lipinski definition) is 3. The van der Waals surface area contributed by atoms with Crippen LogP contribution in [-0.4, -0.2) is 11.9 Å². The molecule has 0 aliphatic rings. The number of rotatable bonds is 2. The van der Waals surface area contributed by atoms with E-state index in [-0.39, 0.29) is 11.9 Å². The third-order valence-electron chi connectivity index (χ3n) is 1.45. The van der Waals surface area contributed by atoms with Crippen molar-refractivity contribution in [2.24, 2.45) is 16.5 Å². The fraction of sp³-hybridized carbons (Fsp3) is 0.111. The molecule has 0 atom stereocenters. The third-order valence-corrected chi connectivity index (χ3v) is 1.45. The summed E-state index contributed by atoms with van der Waals surface area (Å²) in [6, 6.07) is 6.88. The molecule has 1 aromatic rings. The van der Waals surface area contributed by atoms with Gasteiger partial charge in [-0.2, -0.15) is 0 Å². The Kier molecular flexibility index (Phi) is 3.06. The van der Waals surface area contributed by atoms with Crippen LogP contribution in [0.25, 0.3) is 0 Å². The van der Waals surface area contributed by atoms with Crippen LogP contribution in [0.4, 0.5) is 11.4 Å². The molecule has 0 spiro atoms. The van der Waals surface area contributed by atoms with Gasteiger partial charge in [0, 0.05) is 12.6 Å². The zero-order valence-electron chi connectivity index (χ0n) is 7.82. The van der Waals surface area contributed by atoms with E-state index in [0.29, 0.717) is 11.4 Å². The molecule has 1 rings (SSSR count). The Morgan fingerprint density at radius 2 is 1.86 bits per heavy atom. The van der Waals surface area contributed by atoms with Crippen LogP contribution in [0, 0.1) is 0 Å². The van der Waals surface area contributed by atoms with Crippen molar-refractivity contribution in [2.75, 3.05) is 5.32 Å². The molecule has 5 nitrogen and oxygen atoms in total. The summed E-state index contributed by atoms with van der Waals surface area (Å²) in [7, 11) is 0. The van der Waals surface area contributed by atoms with Crippen LogP contribution in [-0.2, 0) is 4.79 Å². The lowest BCUT2D eigenvalue weighted by Gasteiger charge is -2.01. The number of anilines is 1. The molecule has 14 heavy (non-hydrogen) atoms. The molecule has 74 valence electrons. The van der Waals surface area contributed by atoms with Crippen molar-refractivity contribution in [1.82, 2.24) is 0 Å². The largest absolute Gasteiger partial charge is 0.370 e. The molecular weight excluding hydrogens is 180 g/mol. The molecule has 5 heteroatoms. The molecule has 0 unspecified atom stereocenters. The maximum absolute atomic E-state index is 10.7. The van der Waals surface area contributed by atoms with Crippen LogP contribution in [0.5, 0.6) is 0 Å². The summed E-state index contributed by atoms with van der Waals surface area (Å²) in [4.78, 5) is 14.5. The summed E-state index contributed by atoms with van der Waals surface area (Å²) in [5, 5.41) is 2.64. The van der Waals surface area contributed by atoms with E-state index in [9.17, 15) is 4.79 Å². The van der Waals surface area contributed by atoms with Crippen molar-refractivity contribution < 1.29 is 4.79 Å². The van der Waals surface area contributed by atoms with E-state index >= 15 is 0 Å². The molecule has 0 aliphatic heterocycles. The molecule has 0 aliphatic carbocycles. The number of aliphatic imine (C=N–C) groups is 1. The van der Waals surface area contributed by atoms with Gasteiger partial charge in [-0.3, -0.25) is 4.79 Å². The molecule has 0 saturated heterocycles. The Balaban J connectivity index is 2.78. The standard InChI is InChI=1S/C9H12N4O/c1-6(14)12-7-2-4-8(5-3-7)13-9(10)11/h2-5H,1H3,(H,12,14)(H4,10,11,13). The fourth-order valence-corrected chi connectivity index (χ4v) is 0.972. The number of hydrogen-bond acceptors (Lipinski definition) is 2. The number of carbonyl (C=O) groups is 1. The van der Waals surface area contributed by atoms with Gasteiger partial charge in [0.1, 0.15) is 0 Å². The Labute approximate surface area is 81.8 Å². The minimum atomic E-state index is -0.111. The van der Waals surface area contributed by atoms with E-state index in [0.717, 1.165) is 0 Å². The molecule has 0 saturated carbocycles. The number of benzene rings is 1. The van der Waals surface area contributed by atoms with Crippen LogP contribution in [0.15, 0.2) is 29.3 Å². The first-order chi connectivity index (χ1) is 6.58. The van der Waals surface area contributed by atoms with Gasteiger partial charge in [-0.25, -0.2) is 4.99 Å². The molecule has 5 N–H and O–H groups in total. The summed E-state index contributed by atoms with van der Waals surface area (Å²) in [6.07, 6.45) is 0. The number of guanidine groups is 1. The van der Waals surface area contributed by atoms with Gasteiger partial charge >= 0.3 is 0 Å². The topological polar surface area (TPSA) is 93.5 Å². The zero-order valence-corrected chi connectivity index (χ0v) is 7.82. The highest BCUT2D eigenvalue weighted by atomic mass is 16.1. The summed E-state index contributed by atoms with van der Waals surface area (Å²) in [5.74, 6) is -0.100. The highest BCUT2D eigenvalue weighted by Crippen LogP contribution is 2.15. The maximum atomic E-state index is 10.7. The Morgan fingerprint density at radius 1 is 1.29 bits per heavy atom. The number of nitrogens with zero attached hydrogens (tertiary/aromatic N) is 1. The SMILES string of the molecule is CC(=O)Nc1ccc(N=C(N)N)cc1. The van der Waals surface area contributed by atoms with Crippen molar-refractivity contribution in [3.63, 3.8) is 0 Å². The van der Waals surface area contributed by atoms with Gasteiger partial charge < -0.3 is 16.8 Å². The minimum absolute atomic E-state index is 0.0114. The molecule has 0 aromatic heterocycles. The van der Waals surface area contributed by atoms with Crippen LogP contribution in [0.2, 0.25) is 0 Å². The van der Waals surface area contributed by atoms with Crippen molar-refractivity contribution in [3.8, 4) is 0 Å². The molecule has 0 fully saturated rings. The van der Waals surface area contributed by atoms with E-state index < -0.39 is 0 Å². The van der Waals surface area contributed by atoms with Gasteiger partial charge in [-0.1, -0.05) is 0 Å². The Bertz CT molecular complexity index is 352. The minimum Gasteiger partial charge on any atom is -0.370 e. The van der Waals surface area contributed by atoms with Crippen LogP contribution in [0.1, 0.15) is 6.92 Å². The highest BCUT2D eigenvalue weighted by molar-refractivity contribution is 5.88. The van der Waals surface area contributed by atoms with Gasteiger partial charge in [-0.05, 0) is 24.3 Å². The highest BCUT2D eigenvalue weighted by Gasteiger charge is 1.95. The average Bonchev–Trinajstić information content (AvgIpc) is 2.06. The van der Waals surface area contributed by atoms with E-state index in [1.165, 1.54) is 6.92 Å². The van der Waals surface area contributed by atoms with Gasteiger partial charge in [0.25, 0.3) is 0 Å². The van der Waals surface area contributed by atoms with Gasteiger partial charge in [0.05, 0.1) is 5.69 Å². The lowest BCUT2D eigenvalue weighted by molar-refractivity contribution is -0.114. The molecule has 0 radical (unpaired) electrons. The average molecular weight is 192 g/mol. The normalized spacial score (nSPS) is 9.21. The first-order valence-electron chi connectivity index (χ1n) is 4.05. The quantitative estimate of drug-likeness (QED) is 0.471. The summed E-state index contributed by atoms with van der Waals surface area (Å²) in [6.45, 7) is 1.45. The second-order valence-corrected chi connectivity index (χ2v) is 2.76. The first kappa shape index (κ1) is 10.0. The number of nitrogens with one attached hydrogen (secondary N) is 1. The number of amides is 1. The van der Waals surface area contributed by atoms with Crippen molar-refractivity contribution in [3.05, 3.63) is 24.3 Å². The summed E-state index contributed by atoms with van der Waals surface area (Å²) >= 11 is 0. The number of carbonyl (C=O) groups excluding carboxylic acids is 1. The molecule has 0 heterocycles. The van der Waals surface area contributed by atoms with E-state index in [2.05, 4.69) is 10.3 Å². The second kappa shape index (κ2) is 4.27. The molecular formula is C9H12N4O. The predicted octanol–water partition coefficient (Wildman–Crippen LogP) is 0.550. The van der Waals surface area contributed by atoms with Crippen LogP contribution >= 0.6 is 0 Å². The van der Waals surface area contributed by atoms with Crippen molar-refractivity contribution in [2.45, 2.75) is 6.92 Å². The molecule has 1 aromatic carbocycles. The van der Waals surface area contributed by atoms with Crippen molar-refractivity contribution in [1.29, 1.82) is 0 Å². The van der Waals surface area contributed by atoms with E-state index in [1.54, 1.807) is 24.3 Å². The summed E-state index contributed by atoms with van der Waals surface area (Å²) < 4.78 is 0. The number of nitrogens with two attached hydrogens (primary N) is 2. The first-order valence-corrected chi connectivity index (χ1v) is 4.05. The lowest BCUT2D eigenvalue weighted by atomic mass is 10.3. The van der Waals surface area contributed by atoms with Gasteiger partial charge in [0.2, 0.25) is 5.91 Å². The van der Waals surface area contributed by atoms with Crippen molar-refractivity contribution >= 4 is 23.2 Å². The van der Waals surface area contributed by atoms with Crippen LogP contribution < -0.4 is 16.8 Å². The predicted molar refractivity (Wildman–Crippen MR) is 56.2 cm³/mol. The lowest BCUT2D eigenvalue weighted by Crippen LogP contribution is -2.21. The maximum Gasteiger partial charge on any atom is 0.221 e. The summed E-state index contributed by atoms with van der Waals surface area (Å²) in [5.41, 5.74) is 11.8. The van der Waals surface area contributed by atoms with E-state index in [1.807, 2.05) is 0 Å². The third kappa shape index (κ3) is 3.14. The smallest absolute Gasteiger partial charge is 0.221 e. The Hall–Kier alpha value is -2.04.